The van der Waals surface area contributed by atoms with Crippen molar-refractivity contribution in [2.75, 3.05) is 13.6 Å². The summed E-state index contributed by atoms with van der Waals surface area (Å²) in [4.78, 5) is 0. The minimum atomic E-state index is -0.898. The van der Waals surface area contributed by atoms with Gasteiger partial charge in [0, 0.05) is 6.54 Å². The fourth-order valence-electron chi connectivity index (χ4n) is 1.40. The molecule has 1 unspecified atom stereocenters. The van der Waals surface area contributed by atoms with E-state index < -0.39 is 6.17 Å². The number of aryl methyl sites for hydroxylation is 1. The fraction of sp³-hybridized carbons (Fsp3) is 0.455. The second-order valence-electron chi connectivity index (χ2n) is 3.31. The molecule has 1 aromatic carbocycles. The minimum Gasteiger partial charge on any atom is -0.317 e. The molecule has 0 heterocycles. The van der Waals surface area contributed by atoms with Crippen LogP contribution in [0.5, 0.6) is 0 Å². The second-order valence-corrected chi connectivity index (χ2v) is 3.31. The number of nitrogens with one attached hydrogen (secondary N) is 1. The van der Waals surface area contributed by atoms with Crippen LogP contribution in [0.1, 0.15) is 22.9 Å². The monoisotopic (exact) mass is 181 g/mol. The summed E-state index contributed by atoms with van der Waals surface area (Å²) in [5.74, 6) is 0. The molecule has 0 aliphatic rings. The first kappa shape index (κ1) is 10.2. The van der Waals surface area contributed by atoms with Gasteiger partial charge in [-0.15, -0.1) is 0 Å². The van der Waals surface area contributed by atoms with Gasteiger partial charge in [-0.3, -0.25) is 0 Å². The molecule has 0 bridgehead atoms. The lowest BCUT2D eigenvalue weighted by atomic mass is 10.00. The molecule has 0 aromatic heterocycles. The zero-order valence-corrected chi connectivity index (χ0v) is 8.39. The van der Waals surface area contributed by atoms with Crippen LogP contribution in [0.2, 0.25) is 0 Å². The molecule has 0 aliphatic heterocycles. The second kappa shape index (κ2) is 4.38. The lowest BCUT2D eigenvalue weighted by Crippen LogP contribution is -2.14. The first-order chi connectivity index (χ1) is 6.16. The van der Waals surface area contributed by atoms with Gasteiger partial charge in [0.15, 0.2) is 0 Å². The van der Waals surface area contributed by atoms with Crippen molar-refractivity contribution in [3.8, 4) is 0 Å². The summed E-state index contributed by atoms with van der Waals surface area (Å²) in [7, 11) is 1.76. The van der Waals surface area contributed by atoms with E-state index in [9.17, 15) is 4.39 Å². The first-order valence-corrected chi connectivity index (χ1v) is 4.51. The third-order valence-electron chi connectivity index (χ3n) is 2.37. The smallest absolute Gasteiger partial charge is 0.138 e. The Hall–Kier alpha value is -0.890. The predicted octanol–water partition coefficient (Wildman–Crippen LogP) is 2.53. The number of hydrogen-bond acceptors (Lipinski definition) is 1. The highest BCUT2D eigenvalue weighted by atomic mass is 19.1. The van der Waals surface area contributed by atoms with E-state index in [0.29, 0.717) is 6.54 Å². The molecule has 0 fully saturated rings. The van der Waals surface area contributed by atoms with E-state index in [0.717, 1.165) is 16.7 Å². The Balaban J connectivity index is 2.93. The molecule has 1 nitrogen and oxygen atoms in total. The van der Waals surface area contributed by atoms with E-state index in [1.54, 1.807) is 7.05 Å². The molecular weight excluding hydrogens is 165 g/mol. The van der Waals surface area contributed by atoms with Gasteiger partial charge in [-0.05, 0) is 37.6 Å². The van der Waals surface area contributed by atoms with Crippen molar-refractivity contribution < 1.29 is 4.39 Å². The maximum absolute atomic E-state index is 13.5. The number of alkyl halides is 1. The highest BCUT2D eigenvalue weighted by Gasteiger charge is 2.11. The van der Waals surface area contributed by atoms with Crippen LogP contribution in [-0.2, 0) is 0 Å². The van der Waals surface area contributed by atoms with Gasteiger partial charge in [-0.25, -0.2) is 4.39 Å². The molecule has 2 heteroatoms. The molecular formula is C11H16FN. The van der Waals surface area contributed by atoms with Crippen molar-refractivity contribution in [2.24, 2.45) is 0 Å². The van der Waals surface area contributed by atoms with Crippen molar-refractivity contribution in [2.45, 2.75) is 20.0 Å². The van der Waals surface area contributed by atoms with Crippen molar-refractivity contribution in [1.29, 1.82) is 0 Å². The summed E-state index contributed by atoms with van der Waals surface area (Å²) < 4.78 is 13.5. The van der Waals surface area contributed by atoms with E-state index in [1.165, 1.54) is 0 Å². The molecule has 0 amide bonds. The molecule has 72 valence electrons. The van der Waals surface area contributed by atoms with Gasteiger partial charge in [0.05, 0.1) is 0 Å². The van der Waals surface area contributed by atoms with Crippen molar-refractivity contribution in [3.05, 3.63) is 34.9 Å². The average molecular weight is 181 g/mol. The van der Waals surface area contributed by atoms with Gasteiger partial charge in [-0.1, -0.05) is 18.2 Å². The number of likely N-dealkylation sites (N-methyl/N-ethyl adjacent to an activating group) is 1. The molecule has 0 aliphatic carbocycles. The van der Waals surface area contributed by atoms with Crippen molar-refractivity contribution in [1.82, 2.24) is 5.32 Å². The molecule has 0 saturated carbocycles. The summed E-state index contributed by atoms with van der Waals surface area (Å²) in [6.45, 7) is 4.35. The summed E-state index contributed by atoms with van der Waals surface area (Å²) in [5.41, 5.74) is 3.01. The molecule has 1 atom stereocenters. The molecule has 1 N–H and O–H groups in total. The van der Waals surface area contributed by atoms with Crippen molar-refractivity contribution >= 4 is 0 Å². The number of benzene rings is 1. The third-order valence-corrected chi connectivity index (χ3v) is 2.37. The van der Waals surface area contributed by atoms with Gasteiger partial charge in [0.2, 0.25) is 0 Å². The van der Waals surface area contributed by atoms with Gasteiger partial charge < -0.3 is 5.32 Å². The lowest BCUT2D eigenvalue weighted by Gasteiger charge is -2.12. The quantitative estimate of drug-likeness (QED) is 0.755. The van der Waals surface area contributed by atoms with Gasteiger partial charge >= 0.3 is 0 Å². The van der Waals surface area contributed by atoms with E-state index in [4.69, 9.17) is 0 Å². The average Bonchev–Trinajstić information content (AvgIpc) is 2.10. The third kappa shape index (κ3) is 2.28. The summed E-state index contributed by atoms with van der Waals surface area (Å²) in [6.07, 6.45) is -0.898. The lowest BCUT2D eigenvalue weighted by molar-refractivity contribution is 0.334. The fourth-order valence-corrected chi connectivity index (χ4v) is 1.40. The Bertz CT molecular complexity index is 283. The topological polar surface area (TPSA) is 12.0 Å². The first-order valence-electron chi connectivity index (χ1n) is 4.51. The Kier molecular flexibility index (Phi) is 3.43. The minimum absolute atomic E-state index is 0.379. The van der Waals surface area contributed by atoms with Crippen LogP contribution in [-0.4, -0.2) is 13.6 Å². The summed E-state index contributed by atoms with van der Waals surface area (Å²) in [6, 6.07) is 5.76. The van der Waals surface area contributed by atoms with Crippen molar-refractivity contribution in [3.63, 3.8) is 0 Å². The van der Waals surface area contributed by atoms with Crippen LogP contribution in [0.15, 0.2) is 18.2 Å². The number of hydrogen-bond donors (Lipinski definition) is 1. The normalized spacial score (nSPS) is 12.9. The van der Waals surface area contributed by atoms with Gasteiger partial charge in [0.1, 0.15) is 6.17 Å². The zero-order valence-electron chi connectivity index (χ0n) is 8.39. The highest BCUT2D eigenvalue weighted by molar-refractivity contribution is 5.34. The SMILES string of the molecule is CNCC(F)c1cccc(C)c1C. The molecule has 0 radical (unpaired) electrons. The Morgan fingerprint density at radius 2 is 2.08 bits per heavy atom. The molecule has 0 saturated heterocycles. The molecule has 0 spiro atoms. The maximum atomic E-state index is 13.5. The standard InChI is InChI=1S/C11H16FN/c1-8-5-4-6-10(9(8)2)11(12)7-13-3/h4-6,11,13H,7H2,1-3H3. The summed E-state index contributed by atoms with van der Waals surface area (Å²) in [5, 5.41) is 2.84. The number of halogens is 1. The van der Waals surface area contributed by atoms with Crippen LogP contribution < -0.4 is 5.32 Å². The number of rotatable bonds is 3. The van der Waals surface area contributed by atoms with Crippen LogP contribution in [0.4, 0.5) is 4.39 Å². The van der Waals surface area contributed by atoms with Crippen LogP contribution in [0.3, 0.4) is 0 Å². The predicted molar refractivity (Wildman–Crippen MR) is 53.7 cm³/mol. The van der Waals surface area contributed by atoms with Gasteiger partial charge in [-0.2, -0.15) is 0 Å². The van der Waals surface area contributed by atoms with E-state index in [1.807, 2.05) is 32.0 Å². The van der Waals surface area contributed by atoms with E-state index in [2.05, 4.69) is 5.32 Å². The Labute approximate surface area is 79.0 Å². The van der Waals surface area contributed by atoms with E-state index in [-0.39, 0.29) is 0 Å². The Morgan fingerprint density at radius 1 is 1.38 bits per heavy atom. The molecule has 1 aromatic rings. The highest BCUT2D eigenvalue weighted by Crippen LogP contribution is 2.22. The molecule has 13 heavy (non-hydrogen) atoms. The zero-order chi connectivity index (χ0) is 9.84. The van der Waals surface area contributed by atoms with Crippen LogP contribution >= 0.6 is 0 Å². The van der Waals surface area contributed by atoms with Crippen LogP contribution in [0, 0.1) is 13.8 Å². The summed E-state index contributed by atoms with van der Waals surface area (Å²) >= 11 is 0. The van der Waals surface area contributed by atoms with Crippen LogP contribution in [0.25, 0.3) is 0 Å². The van der Waals surface area contributed by atoms with Gasteiger partial charge in [0.25, 0.3) is 0 Å². The maximum Gasteiger partial charge on any atom is 0.138 e. The molecule has 1 rings (SSSR count). The largest absolute Gasteiger partial charge is 0.317 e. The van der Waals surface area contributed by atoms with E-state index >= 15 is 0 Å². The Morgan fingerprint density at radius 3 is 2.69 bits per heavy atom.